The third-order valence-electron chi connectivity index (χ3n) is 4.79. The Balaban J connectivity index is 1.43. The van der Waals surface area contributed by atoms with Gasteiger partial charge in [-0.3, -0.25) is 9.69 Å². The topological polar surface area (TPSA) is 84.0 Å². The molecule has 1 aromatic carbocycles. The first-order valence-corrected chi connectivity index (χ1v) is 11.3. The maximum absolute atomic E-state index is 12.2. The maximum Gasteiger partial charge on any atom is 0.268 e. The van der Waals surface area contributed by atoms with Crippen LogP contribution in [0.3, 0.4) is 0 Å². The van der Waals surface area contributed by atoms with Crippen molar-refractivity contribution in [2.75, 3.05) is 26.3 Å². The summed E-state index contributed by atoms with van der Waals surface area (Å²) in [4.78, 5) is 31.6. The van der Waals surface area contributed by atoms with Gasteiger partial charge in [-0.05, 0) is 17.5 Å². The minimum absolute atomic E-state index is 0.0823. The Morgan fingerprint density at radius 2 is 1.97 bits per heavy atom. The summed E-state index contributed by atoms with van der Waals surface area (Å²) >= 11 is 2.99. The minimum Gasteiger partial charge on any atom is -0.379 e. The number of aromatic amines is 1. The third kappa shape index (κ3) is 4.04. The van der Waals surface area contributed by atoms with Crippen LogP contribution in [0.25, 0.3) is 21.1 Å². The summed E-state index contributed by atoms with van der Waals surface area (Å²) in [6.45, 7) is 3.99. The van der Waals surface area contributed by atoms with Crippen molar-refractivity contribution in [2.45, 2.75) is 17.3 Å². The monoisotopic (exact) mass is 425 g/mol. The highest BCUT2D eigenvalue weighted by atomic mass is 32.2. The van der Waals surface area contributed by atoms with E-state index in [4.69, 9.17) is 14.7 Å². The number of morpholine rings is 1. The van der Waals surface area contributed by atoms with Gasteiger partial charge in [-0.2, -0.15) is 0 Å². The van der Waals surface area contributed by atoms with Crippen LogP contribution in [0.4, 0.5) is 0 Å². The highest BCUT2D eigenvalue weighted by Gasteiger charge is 2.15. The fourth-order valence-electron chi connectivity index (χ4n) is 3.36. The number of para-hydroxylation sites is 1. The smallest absolute Gasteiger partial charge is 0.268 e. The first-order chi connectivity index (χ1) is 14.3. The molecule has 148 valence electrons. The van der Waals surface area contributed by atoms with Gasteiger partial charge in [0.15, 0.2) is 0 Å². The maximum atomic E-state index is 12.2. The molecule has 0 radical (unpaired) electrons. The van der Waals surface area contributed by atoms with Crippen molar-refractivity contribution in [3.05, 3.63) is 57.7 Å². The molecule has 7 nitrogen and oxygen atoms in total. The molecule has 29 heavy (non-hydrogen) atoms. The zero-order chi connectivity index (χ0) is 19.6. The van der Waals surface area contributed by atoms with E-state index in [0.717, 1.165) is 53.6 Å². The Morgan fingerprint density at radius 3 is 2.86 bits per heavy atom. The SMILES string of the molecule is O=c1[nH]c(CSc2nc(CN3CCOCC3)nc3ccccc23)nc2ccsc12. The molecule has 4 heterocycles. The van der Waals surface area contributed by atoms with Gasteiger partial charge in [0.25, 0.3) is 5.56 Å². The number of hydrogen-bond acceptors (Lipinski definition) is 8. The second-order valence-electron chi connectivity index (χ2n) is 6.79. The fraction of sp³-hybridized carbons (Fsp3) is 0.300. The number of fused-ring (bicyclic) bond motifs is 2. The number of H-pyrrole nitrogens is 1. The van der Waals surface area contributed by atoms with E-state index >= 15 is 0 Å². The normalized spacial score (nSPS) is 15.3. The molecule has 1 fully saturated rings. The summed E-state index contributed by atoms with van der Waals surface area (Å²) < 4.78 is 6.10. The molecule has 3 aromatic heterocycles. The lowest BCUT2D eigenvalue weighted by atomic mass is 10.2. The van der Waals surface area contributed by atoms with E-state index in [9.17, 15) is 4.79 Å². The number of ether oxygens (including phenoxy) is 1. The molecule has 0 unspecified atom stereocenters. The Labute approximate surface area is 175 Å². The molecule has 0 spiro atoms. The van der Waals surface area contributed by atoms with E-state index in [2.05, 4.69) is 14.9 Å². The summed E-state index contributed by atoms with van der Waals surface area (Å²) in [6.07, 6.45) is 0. The number of thioether (sulfide) groups is 1. The number of thiophene rings is 1. The second-order valence-corrected chi connectivity index (χ2v) is 8.67. The van der Waals surface area contributed by atoms with Gasteiger partial charge in [-0.1, -0.05) is 30.0 Å². The lowest BCUT2D eigenvalue weighted by molar-refractivity contribution is 0.0330. The first-order valence-electron chi connectivity index (χ1n) is 9.41. The largest absolute Gasteiger partial charge is 0.379 e. The van der Waals surface area contributed by atoms with Crippen LogP contribution in [0.2, 0.25) is 0 Å². The Kier molecular flexibility index (Phi) is 5.28. The highest BCUT2D eigenvalue weighted by molar-refractivity contribution is 7.98. The molecular weight excluding hydrogens is 406 g/mol. The number of nitrogens with zero attached hydrogens (tertiary/aromatic N) is 4. The summed E-state index contributed by atoms with van der Waals surface area (Å²) in [5.74, 6) is 2.00. The second kappa shape index (κ2) is 8.19. The number of benzene rings is 1. The lowest BCUT2D eigenvalue weighted by Crippen LogP contribution is -2.36. The zero-order valence-corrected chi connectivity index (χ0v) is 17.3. The van der Waals surface area contributed by atoms with E-state index in [1.807, 2.05) is 35.7 Å². The molecule has 0 bridgehead atoms. The van der Waals surface area contributed by atoms with Gasteiger partial charge < -0.3 is 9.72 Å². The molecule has 0 saturated carbocycles. The van der Waals surface area contributed by atoms with Crippen LogP contribution in [0.1, 0.15) is 11.6 Å². The summed E-state index contributed by atoms with van der Waals surface area (Å²) in [7, 11) is 0. The standard InChI is InChI=1S/C20H19N5O2S2/c26-19-18-15(5-10-28-18)22-17(23-19)12-29-20-13-3-1-2-4-14(13)21-16(24-20)11-25-6-8-27-9-7-25/h1-5,10H,6-9,11-12H2,(H,22,23,26). The Morgan fingerprint density at radius 1 is 1.10 bits per heavy atom. The average Bonchev–Trinajstić information content (AvgIpc) is 3.22. The quantitative estimate of drug-likeness (QED) is 0.389. The highest BCUT2D eigenvalue weighted by Crippen LogP contribution is 2.28. The van der Waals surface area contributed by atoms with Crippen molar-refractivity contribution >= 4 is 44.2 Å². The number of nitrogens with one attached hydrogen (secondary N) is 1. The van der Waals surface area contributed by atoms with E-state index in [-0.39, 0.29) is 5.56 Å². The first kappa shape index (κ1) is 18.7. The fourth-order valence-corrected chi connectivity index (χ4v) is 4.99. The molecule has 5 rings (SSSR count). The van der Waals surface area contributed by atoms with Crippen molar-refractivity contribution in [3.8, 4) is 0 Å². The van der Waals surface area contributed by atoms with Gasteiger partial charge in [-0.15, -0.1) is 11.3 Å². The van der Waals surface area contributed by atoms with Crippen molar-refractivity contribution in [1.82, 2.24) is 24.8 Å². The van der Waals surface area contributed by atoms with Gasteiger partial charge in [0, 0.05) is 18.5 Å². The molecular formula is C20H19N5O2S2. The molecule has 1 aliphatic rings. The predicted octanol–water partition coefficient (Wildman–Crippen LogP) is 3.05. The molecule has 1 saturated heterocycles. The van der Waals surface area contributed by atoms with Crippen LogP contribution < -0.4 is 5.56 Å². The third-order valence-corrected chi connectivity index (χ3v) is 6.70. The molecule has 0 atom stereocenters. The molecule has 9 heteroatoms. The van der Waals surface area contributed by atoms with Gasteiger partial charge in [0.05, 0.1) is 36.5 Å². The molecule has 0 aliphatic carbocycles. The van der Waals surface area contributed by atoms with Crippen LogP contribution in [0, 0.1) is 0 Å². The van der Waals surface area contributed by atoms with Crippen molar-refractivity contribution in [3.63, 3.8) is 0 Å². The van der Waals surface area contributed by atoms with Crippen LogP contribution >= 0.6 is 23.1 Å². The number of rotatable bonds is 5. The van der Waals surface area contributed by atoms with Gasteiger partial charge in [0.2, 0.25) is 0 Å². The average molecular weight is 426 g/mol. The summed E-state index contributed by atoms with van der Waals surface area (Å²) in [6, 6.07) is 9.92. The molecule has 0 amide bonds. The van der Waals surface area contributed by atoms with E-state index < -0.39 is 0 Å². The number of aromatic nitrogens is 4. The van der Waals surface area contributed by atoms with E-state index in [0.29, 0.717) is 22.8 Å². The van der Waals surface area contributed by atoms with Gasteiger partial charge in [0.1, 0.15) is 21.4 Å². The Bertz CT molecular complexity index is 1220. The van der Waals surface area contributed by atoms with Gasteiger partial charge in [-0.25, -0.2) is 15.0 Å². The summed E-state index contributed by atoms with van der Waals surface area (Å²) in [5, 5.41) is 3.81. The van der Waals surface area contributed by atoms with Crippen LogP contribution in [-0.2, 0) is 17.0 Å². The van der Waals surface area contributed by atoms with Crippen molar-refractivity contribution < 1.29 is 4.74 Å². The van der Waals surface area contributed by atoms with Crippen LogP contribution in [-0.4, -0.2) is 51.1 Å². The minimum atomic E-state index is -0.0823. The predicted molar refractivity (Wildman–Crippen MR) is 115 cm³/mol. The number of hydrogen-bond donors (Lipinski definition) is 1. The summed E-state index contributed by atoms with van der Waals surface area (Å²) in [5.41, 5.74) is 1.60. The van der Waals surface area contributed by atoms with Crippen molar-refractivity contribution in [2.24, 2.45) is 0 Å². The lowest BCUT2D eigenvalue weighted by Gasteiger charge is -2.25. The van der Waals surface area contributed by atoms with Crippen molar-refractivity contribution in [1.29, 1.82) is 0 Å². The molecule has 4 aromatic rings. The van der Waals surface area contributed by atoms with Crippen LogP contribution in [0.15, 0.2) is 45.5 Å². The Hall–Kier alpha value is -2.33. The molecule has 1 aliphatic heterocycles. The van der Waals surface area contributed by atoms with E-state index in [1.54, 1.807) is 11.8 Å². The zero-order valence-electron chi connectivity index (χ0n) is 15.6. The van der Waals surface area contributed by atoms with E-state index in [1.165, 1.54) is 11.3 Å². The van der Waals surface area contributed by atoms with Gasteiger partial charge >= 0.3 is 0 Å². The molecule has 1 N–H and O–H groups in total. The van der Waals surface area contributed by atoms with Crippen LogP contribution in [0.5, 0.6) is 0 Å².